The van der Waals surface area contributed by atoms with Crippen molar-refractivity contribution in [3.63, 3.8) is 0 Å². The highest BCUT2D eigenvalue weighted by molar-refractivity contribution is 6.29. The molecule has 0 aliphatic carbocycles. The number of hydrogen-bond acceptors (Lipinski definition) is 5. The van der Waals surface area contributed by atoms with Crippen molar-refractivity contribution in [1.82, 2.24) is 9.97 Å². The molecule has 1 aromatic heterocycles. The van der Waals surface area contributed by atoms with Crippen molar-refractivity contribution in [3.05, 3.63) is 41.0 Å². The van der Waals surface area contributed by atoms with Crippen LogP contribution in [0, 0.1) is 0 Å². The van der Waals surface area contributed by atoms with E-state index < -0.39 is 24.2 Å². The van der Waals surface area contributed by atoms with Gasteiger partial charge < -0.3 is 16.4 Å². The topological polar surface area (TPSA) is 98.1 Å². The van der Waals surface area contributed by atoms with Gasteiger partial charge in [-0.15, -0.1) is 0 Å². The molecular formula is C13H11ClF3N5O. The van der Waals surface area contributed by atoms with E-state index in [9.17, 15) is 18.0 Å². The minimum absolute atomic E-state index is 0.0195. The fourth-order valence-corrected chi connectivity index (χ4v) is 2.06. The molecule has 1 heterocycles. The van der Waals surface area contributed by atoms with Gasteiger partial charge in [-0.05, 0) is 18.2 Å². The Bertz CT molecular complexity index is 718. The Kier molecular flexibility index (Phi) is 4.60. The maximum absolute atomic E-state index is 12.8. The summed E-state index contributed by atoms with van der Waals surface area (Å²) in [5.74, 6) is -0.898. The molecule has 0 aliphatic heterocycles. The molecule has 4 N–H and O–H groups in total. The average Bonchev–Trinajstić information content (AvgIpc) is 2.42. The van der Waals surface area contributed by atoms with Crippen LogP contribution in [0.2, 0.25) is 5.15 Å². The van der Waals surface area contributed by atoms with Crippen LogP contribution in [0.15, 0.2) is 30.3 Å². The number of halogens is 4. The summed E-state index contributed by atoms with van der Waals surface area (Å²) in [6.45, 7) is -0.409. The Morgan fingerprint density at radius 1 is 1.26 bits per heavy atom. The lowest BCUT2D eigenvalue weighted by atomic mass is 10.1. The number of primary amides is 1. The number of nitrogens with zero attached hydrogens (tertiary/aromatic N) is 3. The molecule has 0 spiro atoms. The fourth-order valence-electron chi connectivity index (χ4n) is 1.87. The number of alkyl halides is 3. The lowest BCUT2D eigenvalue weighted by Crippen LogP contribution is -2.31. The predicted molar refractivity (Wildman–Crippen MR) is 79.1 cm³/mol. The Balaban J connectivity index is 2.53. The summed E-state index contributed by atoms with van der Waals surface area (Å²) >= 11 is 5.77. The molecule has 0 saturated heterocycles. The normalized spacial score (nSPS) is 11.3. The van der Waals surface area contributed by atoms with Gasteiger partial charge in [0.15, 0.2) is 0 Å². The monoisotopic (exact) mass is 345 g/mol. The Labute approximate surface area is 133 Å². The van der Waals surface area contributed by atoms with Gasteiger partial charge in [0.2, 0.25) is 11.9 Å². The van der Waals surface area contributed by atoms with E-state index >= 15 is 0 Å². The minimum atomic E-state index is -4.53. The summed E-state index contributed by atoms with van der Waals surface area (Å²) < 4.78 is 38.5. The van der Waals surface area contributed by atoms with Gasteiger partial charge >= 0.3 is 6.18 Å². The number of nitrogen functional groups attached to an aromatic ring is 1. The number of rotatable bonds is 4. The molecule has 6 nitrogen and oxygen atoms in total. The zero-order chi connectivity index (χ0) is 17.2. The minimum Gasteiger partial charge on any atom is -0.368 e. The van der Waals surface area contributed by atoms with Crippen LogP contribution in [-0.2, 0) is 11.0 Å². The number of amides is 1. The molecule has 0 atom stereocenters. The van der Waals surface area contributed by atoms with E-state index in [0.717, 1.165) is 12.1 Å². The molecule has 1 aromatic carbocycles. The highest BCUT2D eigenvalue weighted by Gasteiger charge is 2.31. The van der Waals surface area contributed by atoms with Crippen LogP contribution >= 0.6 is 11.6 Å². The number of aromatic nitrogens is 2. The predicted octanol–water partition coefficient (Wildman–Crippen LogP) is 2.35. The van der Waals surface area contributed by atoms with Crippen LogP contribution in [-0.4, -0.2) is 22.4 Å². The summed E-state index contributed by atoms with van der Waals surface area (Å²) in [6.07, 6.45) is -4.53. The van der Waals surface area contributed by atoms with Crippen molar-refractivity contribution < 1.29 is 18.0 Å². The number of benzene rings is 1. The summed E-state index contributed by atoms with van der Waals surface area (Å²) in [7, 11) is 0. The van der Waals surface area contributed by atoms with Crippen LogP contribution in [0.25, 0.3) is 0 Å². The van der Waals surface area contributed by atoms with Gasteiger partial charge in [-0.3, -0.25) is 4.79 Å². The third kappa shape index (κ3) is 4.22. The van der Waals surface area contributed by atoms with Crippen molar-refractivity contribution in [3.8, 4) is 0 Å². The molecular weight excluding hydrogens is 335 g/mol. The quantitative estimate of drug-likeness (QED) is 0.829. The Morgan fingerprint density at radius 3 is 2.52 bits per heavy atom. The highest BCUT2D eigenvalue weighted by Crippen LogP contribution is 2.33. The Morgan fingerprint density at radius 2 is 1.96 bits per heavy atom. The van der Waals surface area contributed by atoms with Crippen LogP contribution in [0.3, 0.4) is 0 Å². The summed E-state index contributed by atoms with van der Waals surface area (Å²) in [5.41, 5.74) is 9.82. The first kappa shape index (κ1) is 16.8. The van der Waals surface area contributed by atoms with E-state index in [2.05, 4.69) is 9.97 Å². The molecule has 1 amide bonds. The molecule has 0 fully saturated rings. The number of anilines is 3. The second kappa shape index (κ2) is 6.29. The molecule has 0 radical (unpaired) electrons. The van der Waals surface area contributed by atoms with Gasteiger partial charge in [0.25, 0.3) is 0 Å². The summed E-state index contributed by atoms with van der Waals surface area (Å²) in [5, 5.41) is -0.0195. The lowest BCUT2D eigenvalue weighted by molar-refractivity contribution is -0.137. The first-order valence-corrected chi connectivity index (χ1v) is 6.58. The van der Waals surface area contributed by atoms with E-state index in [1.165, 1.54) is 23.1 Å². The molecule has 2 rings (SSSR count). The standard InChI is InChI=1S/C13H11ClF3N5O/c14-9-5-11(21-12(19)20-9)22(6-10(18)23)8-3-1-2-7(4-8)13(15,16)17/h1-5H,6H2,(H2,18,23)(H2,19,20,21). The summed E-state index contributed by atoms with van der Waals surface area (Å²) in [6, 6.07) is 5.63. The molecule has 2 aromatic rings. The van der Waals surface area contributed by atoms with Gasteiger partial charge in [-0.2, -0.15) is 18.2 Å². The van der Waals surface area contributed by atoms with Crippen LogP contribution in [0.5, 0.6) is 0 Å². The zero-order valence-electron chi connectivity index (χ0n) is 11.5. The largest absolute Gasteiger partial charge is 0.416 e. The van der Waals surface area contributed by atoms with Gasteiger partial charge in [0.1, 0.15) is 17.5 Å². The molecule has 0 aliphatic rings. The van der Waals surface area contributed by atoms with Gasteiger partial charge in [0, 0.05) is 11.8 Å². The van der Waals surface area contributed by atoms with E-state index in [-0.39, 0.29) is 22.6 Å². The van der Waals surface area contributed by atoms with Crippen molar-refractivity contribution >= 4 is 35.0 Å². The first-order chi connectivity index (χ1) is 10.7. The second-order valence-corrected chi connectivity index (χ2v) is 4.89. The van der Waals surface area contributed by atoms with Crippen LogP contribution < -0.4 is 16.4 Å². The molecule has 0 saturated carbocycles. The maximum atomic E-state index is 12.8. The first-order valence-electron chi connectivity index (χ1n) is 6.20. The molecule has 23 heavy (non-hydrogen) atoms. The van der Waals surface area contributed by atoms with E-state index in [1.54, 1.807) is 0 Å². The molecule has 10 heteroatoms. The van der Waals surface area contributed by atoms with Crippen molar-refractivity contribution in [2.24, 2.45) is 5.73 Å². The van der Waals surface area contributed by atoms with Crippen molar-refractivity contribution in [1.29, 1.82) is 0 Å². The maximum Gasteiger partial charge on any atom is 0.416 e. The third-order valence-corrected chi connectivity index (χ3v) is 2.97. The van der Waals surface area contributed by atoms with Crippen LogP contribution in [0.1, 0.15) is 5.56 Å². The van der Waals surface area contributed by atoms with Crippen molar-refractivity contribution in [2.45, 2.75) is 6.18 Å². The Hall–Kier alpha value is -2.55. The van der Waals surface area contributed by atoms with E-state index in [1.807, 2.05) is 0 Å². The molecule has 122 valence electrons. The number of nitrogens with two attached hydrogens (primary N) is 2. The third-order valence-electron chi connectivity index (χ3n) is 2.77. The van der Waals surface area contributed by atoms with Crippen LogP contribution in [0.4, 0.5) is 30.6 Å². The smallest absolute Gasteiger partial charge is 0.368 e. The molecule has 0 bridgehead atoms. The average molecular weight is 346 g/mol. The number of hydrogen-bond donors (Lipinski definition) is 2. The van der Waals surface area contributed by atoms with Crippen molar-refractivity contribution in [2.75, 3.05) is 17.2 Å². The number of carbonyl (C=O) groups excluding carboxylic acids is 1. The zero-order valence-corrected chi connectivity index (χ0v) is 12.3. The highest BCUT2D eigenvalue weighted by atomic mass is 35.5. The fraction of sp³-hybridized carbons (Fsp3) is 0.154. The SMILES string of the molecule is NC(=O)CN(c1cccc(C(F)(F)F)c1)c1cc(Cl)nc(N)n1. The second-order valence-electron chi connectivity index (χ2n) is 4.51. The van der Waals surface area contributed by atoms with Gasteiger partial charge in [0.05, 0.1) is 5.56 Å². The van der Waals surface area contributed by atoms with E-state index in [0.29, 0.717) is 0 Å². The number of carbonyl (C=O) groups is 1. The summed E-state index contributed by atoms with van der Waals surface area (Å²) in [4.78, 5) is 20.0. The van der Waals surface area contributed by atoms with E-state index in [4.69, 9.17) is 23.1 Å². The van der Waals surface area contributed by atoms with Gasteiger partial charge in [-0.25, -0.2) is 4.98 Å². The van der Waals surface area contributed by atoms with Gasteiger partial charge in [-0.1, -0.05) is 17.7 Å². The lowest BCUT2D eigenvalue weighted by Gasteiger charge is -2.23. The molecule has 0 unspecified atom stereocenters.